The van der Waals surface area contributed by atoms with Gasteiger partial charge in [0.05, 0.1) is 5.69 Å². The zero-order valence-electron chi connectivity index (χ0n) is 9.71. The number of rotatable bonds is 3. The van der Waals surface area contributed by atoms with Crippen LogP contribution in [0, 0.1) is 0 Å². The van der Waals surface area contributed by atoms with E-state index < -0.39 is 5.91 Å². The molecule has 1 amide bonds. The summed E-state index contributed by atoms with van der Waals surface area (Å²) >= 11 is 0. The fraction of sp³-hybridized carbons (Fsp3) is 0. The molecule has 0 heterocycles. The minimum absolute atomic E-state index is 0.400. The van der Waals surface area contributed by atoms with E-state index in [-0.39, 0.29) is 0 Å². The smallest absolute Gasteiger partial charge is 0.248 e. The van der Waals surface area contributed by atoms with Gasteiger partial charge in [0.25, 0.3) is 0 Å². The molecular formula is C14H13N3O. The van der Waals surface area contributed by atoms with Gasteiger partial charge >= 0.3 is 0 Å². The minimum Gasteiger partial charge on any atom is -0.383 e. The molecule has 90 valence electrons. The molecule has 4 nitrogen and oxygen atoms in total. The maximum atomic E-state index is 11.1. The van der Waals surface area contributed by atoms with E-state index in [1.165, 1.54) is 0 Å². The molecule has 0 aliphatic carbocycles. The van der Waals surface area contributed by atoms with Gasteiger partial charge in [-0.05, 0) is 18.2 Å². The van der Waals surface area contributed by atoms with E-state index in [4.69, 9.17) is 11.5 Å². The molecule has 0 fully saturated rings. The molecule has 0 spiro atoms. The summed E-state index contributed by atoms with van der Waals surface area (Å²) < 4.78 is 0. The van der Waals surface area contributed by atoms with Gasteiger partial charge in [-0.3, -0.25) is 4.79 Å². The van der Waals surface area contributed by atoms with Gasteiger partial charge in [0.2, 0.25) is 5.91 Å². The third-order valence-electron chi connectivity index (χ3n) is 2.45. The van der Waals surface area contributed by atoms with Gasteiger partial charge in [0, 0.05) is 11.1 Å². The van der Waals surface area contributed by atoms with Gasteiger partial charge < -0.3 is 11.5 Å². The summed E-state index contributed by atoms with van der Waals surface area (Å²) in [5.74, 6) is -0.0810. The zero-order chi connectivity index (χ0) is 13.0. The van der Waals surface area contributed by atoms with Crippen LogP contribution in [0.4, 0.5) is 5.69 Å². The SMILES string of the molecule is NC(=O)c1cccc(N=C(N)c2ccccc2)c1. The Labute approximate surface area is 105 Å². The van der Waals surface area contributed by atoms with Gasteiger partial charge in [-0.25, -0.2) is 4.99 Å². The van der Waals surface area contributed by atoms with E-state index in [0.29, 0.717) is 17.1 Å². The summed E-state index contributed by atoms with van der Waals surface area (Å²) in [6, 6.07) is 16.2. The highest BCUT2D eigenvalue weighted by Crippen LogP contribution is 2.14. The highest BCUT2D eigenvalue weighted by Gasteiger charge is 2.02. The lowest BCUT2D eigenvalue weighted by molar-refractivity contribution is 0.100. The maximum Gasteiger partial charge on any atom is 0.248 e. The van der Waals surface area contributed by atoms with Crippen LogP contribution in [-0.2, 0) is 0 Å². The molecule has 0 saturated carbocycles. The third kappa shape index (κ3) is 2.74. The Hall–Kier alpha value is -2.62. The van der Waals surface area contributed by atoms with E-state index in [0.717, 1.165) is 5.56 Å². The van der Waals surface area contributed by atoms with Crippen LogP contribution in [-0.4, -0.2) is 11.7 Å². The summed E-state index contributed by atoms with van der Waals surface area (Å²) in [5.41, 5.74) is 12.9. The van der Waals surface area contributed by atoms with Gasteiger partial charge in [-0.15, -0.1) is 0 Å². The second-order valence-corrected chi connectivity index (χ2v) is 3.78. The molecule has 2 rings (SSSR count). The topological polar surface area (TPSA) is 81.5 Å². The van der Waals surface area contributed by atoms with Crippen molar-refractivity contribution < 1.29 is 4.79 Å². The predicted octanol–water partition coefficient (Wildman–Crippen LogP) is 1.82. The monoisotopic (exact) mass is 239 g/mol. The first-order valence-electron chi connectivity index (χ1n) is 5.46. The maximum absolute atomic E-state index is 11.1. The van der Waals surface area contributed by atoms with Crippen molar-refractivity contribution in [3.05, 3.63) is 65.7 Å². The van der Waals surface area contributed by atoms with Gasteiger partial charge in [0.15, 0.2) is 0 Å². The number of hydrogen-bond acceptors (Lipinski definition) is 2. The highest BCUT2D eigenvalue weighted by molar-refractivity contribution is 5.99. The number of primary amides is 1. The number of nitrogens with zero attached hydrogens (tertiary/aromatic N) is 1. The number of carbonyl (C=O) groups is 1. The lowest BCUT2D eigenvalue weighted by Crippen LogP contribution is -2.13. The molecular weight excluding hydrogens is 226 g/mol. The number of amidine groups is 1. The molecule has 2 aromatic carbocycles. The Kier molecular flexibility index (Phi) is 3.38. The highest BCUT2D eigenvalue weighted by atomic mass is 16.1. The molecule has 0 unspecified atom stereocenters. The van der Waals surface area contributed by atoms with Gasteiger partial charge in [0.1, 0.15) is 5.84 Å². The van der Waals surface area contributed by atoms with Crippen molar-refractivity contribution in [2.75, 3.05) is 0 Å². The molecule has 0 radical (unpaired) electrons. The summed E-state index contributed by atoms with van der Waals surface area (Å²) in [5, 5.41) is 0. The van der Waals surface area contributed by atoms with Crippen LogP contribution in [0.15, 0.2) is 59.6 Å². The van der Waals surface area contributed by atoms with E-state index in [2.05, 4.69) is 4.99 Å². The second kappa shape index (κ2) is 5.14. The fourth-order valence-electron chi connectivity index (χ4n) is 1.54. The number of amides is 1. The lowest BCUT2D eigenvalue weighted by Gasteiger charge is -2.02. The van der Waals surface area contributed by atoms with E-state index >= 15 is 0 Å². The summed E-state index contributed by atoms with van der Waals surface area (Å²) in [7, 11) is 0. The van der Waals surface area contributed by atoms with Crippen molar-refractivity contribution in [1.82, 2.24) is 0 Å². The van der Waals surface area contributed by atoms with Crippen LogP contribution in [0.5, 0.6) is 0 Å². The molecule has 4 N–H and O–H groups in total. The fourth-order valence-corrected chi connectivity index (χ4v) is 1.54. The Balaban J connectivity index is 2.33. The molecule has 0 atom stereocenters. The standard InChI is InChI=1S/C14H13N3O/c15-13(10-5-2-1-3-6-10)17-12-8-4-7-11(9-12)14(16)18/h1-9H,(H2,15,17)(H2,16,18). The minimum atomic E-state index is -0.481. The van der Waals surface area contributed by atoms with Crippen LogP contribution < -0.4 is 11.5 Å². The van der Waals surface area contributed by atoms with Crippen LogP contribution in [0.2, 0.25) is 0 Å². The van der Waals surface area contributed by atoms with Crippen LogP contribution in [0.3, 0.4) is 0 Å². The van der Waals surface area contributed by atoms with Crippen molar-refractivity contribution in [3.63, 3.8) is 0 Å². The van der Waals surface area contributed by atoms with Crippen molar-refractivity contribution in [2.45, 2.75) is 0 Å². The quantitative estimate of drug-likeness (QED) is 0.632. The van der Waals surface area contributed by atoms with Crippen LogP contribution in [0.25, 0.3) is 0 Å². The first-order chi connectivity index (χ1) is 8.66. The second-order valence-electron chi connectivity index (χ2n) is 3.78. The molecule has 4 heteroatoms. The Morgan fingerprint density at radius 1 is 0.889 bits per heavy atom. The average molecular weight is 239 g/mol. The van der Waals surface area contributed by atoms with Crippen molar-refractivity contribution >= 4 is 17.4 Å². The van der Waals surface area contributed by atoms with Crippen LogP contribution >= 0.6 is 0 Å². The molecule has 0 aliphatic rings. The van der Waals surface area contributed by atoms with Crippen molar-refractivity contribution in [1.29, 1.82) is 0 Å². The predicted molar refractivity (Wildman–Crippen MR) is 71.8 cm³/mol. The van der Waals surface area contributed by atoms with Crippen molar-refractivity contribution in [2.24, 2.45) is 16.5 Å². The third-order valence-corrected chi connectivity index (χ3v) is 2.45. The van der Waals surface area contributed by atoms with Gasteiger partial charge in [-0.1, -0.05) is 36.4 Å². The van der Waals surface area contributed by atoms with Crippen LogP contribution in [0.1, 0.15) is 15.9 Å². The molecule has 18 heavy (non-hydrogen) atoms. The number of hydrogen-bond donors (Lipinski definition) is 2. The summed E-state index contributed by atoms with van der Waals surface area (Å²) in [4.78, 5) is 15.3. The van der Waals surface area contributed by atoms with Crippen molar-refractivity contribution in [3.8, 4) is 0 Å². The number of benzene rings is 2. The number of nitrogens with two attached hydrogens (primary N) is 2. The number of aliphatic imine (C=N–C) groups is 1. The van der Waals surface area contributed by atoms with Gasteiger partial charge in [-0.2, -0.15) is 0 Å². The van der Waals surface area contributed by atoms with E-state index in [9.17, 15) is 4.79 Å². The zero-order valence-corrected chi connectivity index (χ0v) is 9.71. The first kappa shape index (κ1) is 11.9. The normalized spacial score (nSPS) is 11.2. The number of carbonyl (C=O) groups excluding carboxylic acids is 1. The Bertz CT molecular complexity index is 591. The largest absolute Gasteiger partial charge is 0.383 e. The Morgan fingerprint density at radius 3 is 2.22 bits per heavy atom. The molecule has 2 aromatic rings. The van der Waals surface area contributed by atoms with E-state index in [1.807, 2.05) is 30.3 Å². The summed E-state index contributed by atoms with van der Waals surface area (Å²) in [6.45, 7) is 0. The Morgan fingerprint density at radius 2 is 1.56 bits per heavy atom. The average Bonchev–Trinajstić information content (AvgIpc) is 2.40. The molecule has 0 aliphatic heterocycles. The first-order valence-corrected chi connectivity index (χ1v) is 5.46. The van der Waals surface area contributed by atoms with E-state index in [1.54, 1.807) is 24.3 Å². The lowest BCUT2D eigenvalue weighted by atomic mass is 10.2. The summed E-state index contributed by atoms with van der Waals surface area (Å²) in [6.07, 6.45) is 0. The molecule has 0 saturated heterocycles. The molecule has 0 aromatic heterocycles. The molecule has 0 bridgehead atoms.